The number of allylic oxidation sites excluding steroid dienone is 1. The first-order valence-electron chi connectivity index (χ1n) is 18.0. The van der Waals surface area contributed by atoms with Gasteiger partial charge in [0.25, 0.3) is 0 Å². The molecular formula is C42H51N3O6. The summed E-state index contributed by atoms with van der Waals surface area (Å²) in [6.45, 7) is 13.3. The van der Waals surface area contributed by atoms with Gasteiger partial charge in [-0.05, 0) is 118 Å². The van der Waals surface area contributed by atoms with Crippen molar-refractivity contribution in [2.45, 2.75) is 79.1 Å². The number of aryl methyl sites for hydroxylation is 1. The van der Waals surface area contributed by atoms with Crippen molar-refractivity contribution in [2.24, 2.45) is 0 Å². The maximum Gasteiger partial charge on any atom is 0.410 e. The van der Waals surface area contributed by atoms with Crippen molar-refractivity contribution in [1.29, 1.82) is 0 Å². The maximum atomic E-state index is 12.9. The van der Waals surface area contributed by atoms with E-state index in [0.29, 0.717) is 5.75 Å². The Bertz CT molecular complexity index is 1840. The largest absolute Gasteiger partial charge is 0.492 e. The first-order valence-corrected chi connectivity index (χ1v) is 18.0. The van der Waals surface area contributed by atoms with Crippen molar-refractivity contribution >= 4 is 34.1 Å². The number of fused-ring (bicyclic) bond motifs is 1. The summed E-state index contributed by atoms with van der Waals surface area (Å²) in [5, 5.41) is 5.82. The summed E-state index contributed by atoms with van der Waals surface area (Å²) in [7, 11) is 0. The normalized spacial score (nSPS) is 15.5. The molecule has 0 saturated carbocycles. The van der Waals surface area contributed by atoms with Gasteiger partial charge in [-0.2, -0.15) is 5.10 Å². The fourth-order valence-corrected chi connectivity index (χ4v) is 6.32. The highest BCUT2D eigenvalue weighted by atomic mass is 16.6. The van der Waals surface area contributed by atoms with Gasteiger partial charge in [0.05, 0.1) is 24.9 Å². The summed E-state index contributed by atoms with van der Waals surface area (Å²) >= 11 is 0. The third-order valence-electron chi connectivity index (χ3n) is 8.73. The fraction of sp³-hybridized carbons (Fsp3) is 0.405. The first kappa shape index (κ1) is 37.4. The number of carbonyl (C=O) groups is 2. The van der Waals surface area contributed by atoms with E-state index in [1.165, 1.54) is 27.7 Å². The highest BCUT2D eigenvalue weighted by molar-refractivity contribution is 6.01. The number of benzene rings is 3. The molecule has 4 aromatic rings. The van der Waals surface area contributed by atoms with Crippen LogP contribution in [0.25, 0.3) is 22.0 Å². The minimum absolute atomic E-state index is 0.0277. The molecule has 1 atom stereocenters. The van der Waals surface area contributed by atoms with Crippen LogP contribution in [0.2, 0.25) is 0 Å². The third kappa shape index (κ3) is 9.88. The molecule has 270 valence electrons. The van der Waals surface area contributed by atoms with E-state index in [9.17, 15) is 9.59 Å². The lowest BCUT2D eigenvalue weighted by Gasteiger charge is -2.26. The van der Waals surface area contributed by atoms with Crippen LogP contribution in [0.4, 0.5) is 4.79 Å². The van der Waals surface area contributed by atoms with Crippen LogP contribution in [-0.2, 0) is 19.0 Å². The van der Waals surface area contributed by atoms with E-state index in [-0.39, 0.29) is 32.5 Å². The van der Waals surface area contributed by atoms with Crippen molar-refractivity contribution in [3.8, 4) is 5.75 Å². The zero-order valence-corrected chi connectivity index (χ0v) is 30.8. The molecule has 0 radical (unpaired) electrons. The zero-order chi connectivity index (χ0) is 36.4. The van der Waals surface area contributed by atoms with E-state index in [4.69, 9.17) is 24.0 Å². The predicted octanol–water partition coefficient (Wildman–Crippen LogP) is 9.15. The quantitative estimate of drug-likeness (QED) is 0.0784. The van der Waals surface area contributed by atoms with Gasteiger partial charge in [0, 0.05) is 24.6 Å². The second-order valence-electron chi connectivity index (χ2n) is 13.7. The van der Waals surface area contributed by atoms with Crippen LogP contribution in [0.5, 0.6) is 5.75 Å². The molecule has 1 saturated heterocycles. The Morgan fingerprint density at radius 1 is 1.02 bits per heavy atom. The standard InChI is InChI=1S/C42H51N3O6/c1-7-35(36-15-10-9-14-30(36)3)40(32-20-23-37-33(28-32)29-43-45(37)38-16-11-12-26-50-38)31-18-21-34(22-19-31)49-27-25-44(41(47)51-42(4,5)6)24-13-17-39(46)48-8-2/h9-10,13-15,17-23,28-29,38H,7-8,11-12,16,24-27H2,1-6H3/b17-13+,40-35+. The van der Waals surface area contributed by atoms with Crippen LogP contribution in [0.3, 0.4) is 0 Å². The van der Waals surface area contributed by atoms with Crippen molar-refractivity contribution in [3.05, 3.63) is 107 Å². The number of esters is 1. The summed E-state index contributed by atoms with van der Waals surface area (Å²) in [5.41, 5.74) is 7.46. The molecule has 1 aliphatic heterocycles. The number of rotatable bonds is 13. The molecule has 1 fully saturated rings. The predicted molar refractivity (Wildman–Crippen MR) is 201 cm³/mol. The number of ether oxygens (including phenoxy) is 4. The lowest BCUT2D eigenvalue weighted by Crippen LogP contribution is -2.39. The van der Waals surface area contributed by atoms with Gasteiger partial charge in [0.15, 0.2) is 6.23 Å². The minimum atomic E-state index is -0.660. The van der Waals surface area contributed by atoms with E-state index in [0.717, 1.165) is 59.9 Å². The number of aromatic nitrogens is 2. The number of nitrogens with zero attached hydrogens (tertiary/aromatic N) is 3. The van der Waals surface area contributed by atoms with Gasteiger partial charge in [0.2, 0.25) is 0 Å². The fourth-order valence-electron chi connectivity index (χ4n) is 6.32. The highest BCUT2D eigenvalue weighted by Gasteiger charge is 2.23. The van der Waals surface area contributed by atoms with E-state index in [1.807, 2.05) is 43.8 Å². The Kier molecular flexibility index (Phi) is 12.7. The Balaban J connectivity index is 1.40. The lowest BCUT2D eigenvalue weighted by molar-refractivity contribution is -0.137. The zero-order valence-electron chi connectivity index (χ0n) is 30.8. The molecule has 0 N–H and O–H groups in total. The maximum absolute atomic E-state index is 12.9. The molecule has 2 heterocycles. The van der Waals surface area contributed by atoms with Crippen LogP contribution in [0.1, 0.15) is 88.8 Å². The van der Waals surface area contributed by atoms with Crippen molar-refractivity contribution in [2.75, 3.05) is 32.9 Å². The summed E-state index contributed by atoms with van der Waals surface area (Å²) in [6, 6.07) is 23.2. The number of hydrogen-bond donors (Lipinski definition) is 0. The summed E-state index contributed by atoms with van der Waals surface area (Å²) in [4.78, 5) is 26.2. The van der Waals surface area contributed by atoms with Crippen LogP contribution in [0.15, 0.2) is 85.1 Å². The van der Waals surface area contributed by atoms with Gasteiger partial charge >= 0.3 is 12.1 Å². The molecule has 1 unspecified atom stereocenters. The Morgan fingerprint density at radius 2 is 1.78 bits per heavy atom. The molecule has 9 heteroatoms. The molecule has 0 spiro atoms. The van der Waals surface area contributed by atoms with Gasteiger partial charge < -0.3 is 23.8 Å². The van der Waals surface area contributed by atoms with E-state index < -0.39 is 17.7 Å². The van der Waals surface area contributed by atoms with Gasteiger partial charge in [-0.25, -0.2) is 14.3 Å². The average molecular weight is 694 g/mol. The molecule has 5 rings (SSSR count). The van der Waals surface area contributed by atoms with Crippen molar-refractivity contribution in [1.82, 2.24) is 14.7 Å². The molecule has 3 aromatic carbocycles. The minimum Gasteiger partial charge on any atom is -0.492 e. The van der Waals surface area contributed by atoms with Gasteiger partial charge in [-0.3, -0.25) is 0 Å². The second-order valence-corrected chi connectivity index (χ2v) is 13.7. The topological polar surface area (TPSA) is 92.1 Å². The van der Waals surface area contributed by atoms with Crippen LogP contribution >= 0.6 is 0 Å². The summed E-state index contributed by atoms with van der Waals surface area (Å²) in [5.74, 6) is 0.228. The van der Waals surface area contributed by atoms with Crippen molar-refractivity contribution in [3.63, 3.8) is 0 Å². The van der Waals surface area contributed by atoms with E-state index >= 15 is 0 Å². The number of hydrogen-bond acceptors (Lipinski definition) is 7. The molecular weight excluding hydrogens is 642 g/mol. The molecule has 0 bridgehead atoms. The van der Waals surface area contributed by atoms with Crippen LogP contribution in [0, 0.1) is 6.92 Å². The van der Waals surface area contributed by atoms with Gasteiger partial charge in [-0.15, -0.1) is 0 Å². The summed E-state index contributed by atoms with van der Waals surface area (Å²) < 4.78 is 24.8. The van der Waals surface area contributed by atoms with Crippen LogP contribution < -0.4 is 4.74 Å². The molecule has 1 aliphatic rings. The molecule has 0 aliphatic carbocycles. The monoisotopic (exact) mass is 693 g/mol. The highest BCUT2D eigenvalue weighted by Crippen LogP contribution is 2.38. The second kappa shape index (κ2) is 17.4. The summed E-state index contributed by atoms with van der Waals surface area (Å²) in [6.07, 6.45) is 8.40. The molecule has 1 amide bonds. The van der Waals surface area contributed by atoms with E-state index in [1.54, 1.807) is 13.0 Å². The Labute approximate surface area is 301 Å². The van der Waals surface area contributed by atoms with Gasteiger partial charge in [-0.1, -0.05) is 55.5 Å². The first-order chi connectivity index (χ1) is 24.6. The number of carbonyl (C=O) groups excluding carboxylic acids is 2. The molecule has 51 heavy (non-hydrogen) atoms. The Hall–Kier alpha value is -4.89. The Morgan fingerprint density at radius 3 is 2.47 bits per heavy atom. The average Bonchev–Trinajstić information content (AvgIpc) is 3.54. The molecule has 1 aromatic heterocycles. The smallest absolute Gasteiger partial charge is 0.410 e. The lowest BCUT2D eigenvalue weighted by atomic mass is 9.86. The van der Waals surface area contributed by atoms with Crippen molar-refractivity contribution < 1.29 is 28.5 Å². The SMILES string of the molecule is CCOC(=O)/C=C/CN(CCOc1ccc(/C(=C(/CC)c2ccccc2C)c2ccc3c(cnn3C3CCCCO3)c2)cc1)C(=O)OC(C)(C)C. The van der Waals surface area contributed by atoms with Crippen LogP contribution in [-0.4, -0.2) is 65.3 Å². The third-order valence-corrected chi connectivity index (χ3v) is 8.73. The van der Waals surface area contributed by atoms with Gasteiger partial charge in [0.1, 0.15) is 18.0 Å². The number of amides is 1. The van der Waals surface area contributed by atoms with E-state index in [2.05, 4.69) is 68.4 Å². The molecule has 9 nitrogen and oxygen atoms in total.